The van der Waals surface area contributed by atoms with Gasteiger partial charge in [-0.1, -0.05) is 22.9 Å². The molecule has 0 aliphatic rings. The van der Waals surface area contributed by atoms with Crippen molar-refractivity contribution in [2.75, 3.05) is 13.2 Å². The second-order valence-electron chi connectivity index (χ2n) is 4.11. The predicted octanol–water partition coefficient (Wildman–Crippen LogP) is 2.37. The van der Waals surface area contributed by atoms with Gasteiger partial charge in [-0.2, -0.15) is 0 Å². The van der Waals surface area contributed by atoms with Crippen LogP contribution in [0.15, 0.2) is 22.7 Å². The predicted molar refractivity (Wildman–Crippen MR) is 75.5 cm³/mol. The van der Waals surface area contributed by atoms with Crippen LogP contribution in [0.5, 0.6) is 5.75 Å². The lowest BCUT2D eigenvalue weighted by Gasteiger charge is -2.14. The minimum absolute atomic E-state index is 0.0152. The van der Waals surface area contributed by atoms with Crippen LogP contribution >= 0.6 is 15.9 Å². The van der Waals surface area contributed by atoms with Gasteiger partial charge in [0.05, 0.1) is 0 Å². The first-order chi connectivity index (χ1) is 8.54. The second kappa shape index (κ2) is 7.38. The average molecular weight is 315 g/mol. The normalized spacial score (nSPS) is 12.0. The van der Waals surface area contributed by atoms with E-state index in [1.807, 2.05) is 32.0 Å². The van der Waals surface area contributed by atoms with Crippen LogP contribution in [0.3, 0.4) is 0 Å². The molecule has 1 unspecified atom stereocenters. The van der Waals surface area contributed by atoms with Gasteiger partial charge in [0, 0.05) is 22.6 Å². The van der Waals surface area contributed by atoms with Crippen LogP contribution in [-0.2, 0) is 4.79 Å². The highest BCUT2D eigenvalue weighted by Gasteiger charge is 2.10. The quantitative estimate of drug-likeness (QED) is 0.847. The van der Waals surface area contributed by atoms with Gasteiger partial charge in [-0.05, 0) is 31.5 Å². The molecule has 0 saturated heterocycles. The van der Waals surface area contributed by atoms with Gasteiger partial charge in [-0.15, -0.1) is 0 Å². The van der Waals surface area contributed by atoms with Crippen molar-refractivity contribution in [1.29, 1.82) is 0 Å². The molecule has 0 bridgehead atoms. The van der Waals surface area contributed by atoms with E-state index < -0.39 is 0 Å². The zero-order valence-electron chi connectivity index (χ0n) is 10.7. The Labute approximate surface area is 116 Å². The van der Waals surface area contributed by atoms with Crippen molar-refractivity contribution in [3.05, 3.63) is 28.2 Å². The third-order valence-corrected chi connectivity index (χ3v) is 2.89. The van der Waals surface area contributed by atoms with Crippen molar-refractivity contribution in [3.8, 4) is 5.75 Å². The number of rotatable bonds is 6. The monoisotopic (exact) mass is 314 g/mol. The Balaban J connectivity index is 2.64. The number of ether oxygens (including phenoxy) is 1. The summed E-state index contributed by atoms with van der Waals surface area (Å²) in [6, 6.07) is 5.45. The van der Waals surface area contributed by atoms with E-state index in [0.717, 1.165) is 16.5 Å². The highest BCUT2D eigenvalue weighted by atomic mass is 79.9. The summed E-state index contributed by atoms with van der Waals surface area (Å²) >= 11 is 3.39. The number of hydrogen-bond acceptors (Lipinski definition) is 3. The van der Waals surface area contributed by atoms with E-state index in [0.29, 0.717) is 12.3 Å². The summed E-state index contributed by atoms with van der Waals surface area (Å²) in [7, 11) is 0. The molecular formula is C13H19BrN2O2. The van der Waals surface area contributed by atoms with Gasteiger partial charge in [0.1, 0.15) is 5.75 Å². The average Bonchev–Trinajstić information content (AvgIpc) is 2.34. The molecule has 0 aromatic heterocycles. The molecule has 1 atom stereocenters. The van der Waals surface area contributed by atoms with Crippen LogP contribution in [0.4, 0.5) is 0 Å². The smallest absolute Gasteiger partial charge is 0.257 e. The fraction of sp³-hybridized carbons (Fsp3) is 0.462. The Morgan fingerprint density at radius 3 is 2.89 bits per heavy atom. The van der Waals surface area contributed by atoms with Gasteiger partial charge in [0.15, 0.2) is 6.61 Å². The Morgan fingerprint density at radius 2 is 2.28 bits per heavy atom. The molecule has 3 N–H and O–H groups in total. The van der Waals surface area contributed by atoms with Crippen LogP contribution in [0, 0.1) is 0 Å². The lowest BCUT2D eigenvalue weighted by molar-refractivity contribution is -0.123. The fourth-order valence-electron chi connectivity index (χ4n) is 1.47. The molecule has 0 fully saturated rings. The highest BCUT2D eigenvalue weighted by molar-refractivity contribution is 9.10. The first kappa shape index (κ1) is 15.0. The van der Waals surface area contributed by atoms with E-state index in [-0.39, 0.29) is 18.6 Å². The zero-order valence-corrected chi connectivity index (χ0v) is 12.3. The number of hydrogen-bond donors (Lipinski definition) is 2. The molecule has 5 heteroatoms. The van der Waals surface area contributed by atoms with Gasteiger partial charge in [0.2, 0.25) is 0 Å². The molecule has 1 aromatic rings. The number of nitrogens with one attached hydrogen (secondary N) is 1. The fourth-order valence-corrected chi connectivity index (χ4v) is 1.84. The van der Waals surface area contributed by atoms with Gasteiger partial charge >= 0.3 is 0 Å². The lowest BCUT2D eigenvalue weighted by Crippen LogP contribution is -2.29. The van der Waals surface area contributed by atoms with Crippen LogP contribution in [0.2, 0.25) is 0 Å². The number of amides is 1. The minimum atomic E-state index is -0.142. The first-order valence-electron chi connectivity index (χ1n) is 5.99. The van der Waals surface area contributed by atoms with Crippen molar-refractivity contribution in [2.45, 2.75) is 26.3 Å². The van der Waals surface area contributed by atoms with Crippen LogP contribution < -0.4 is 15.8 Å². The van der Waals surface area contributed by atoms with Gasteiger partial charge in [0.25, 0.3) is 5.91 Å². The zero-order chi connectivity index (χ0) is 13.5. The van der Waals surface area contributed by atoms with E-state index in [2.05, 4.69) is 21.2 Å². The Kier molecular flexibility index (Phi) is 6.15. The Bertz CT molecular complexity index is 408. The topological polar surface area (TPSA) is 64.3 Å². The molecule has 1 aromatic carbocycles. The molecular weight excluding hydrogens is 296 g/mol. The standard InChI is InChI=1S/C13H19BrN2O2/c1-3-6-16-13(17)8-18-12-5-4-10(14)7-11(12)9(2)15/h4-5,7,9H,3,6,8,15H2,1-2H3,(H,16,17). The first-order valence-corrected chi connectivity index (χ1v) is 6.78. The summed E-state index contributed by atoms with van der Waals surface area (Å²) in [6.45, 7) is 4.57. The van der Waals surface area contributed by atoms with Gasteiger partial charge in [-0.3, -0.25) is 4.79 Å². The summed E-state index contributed by atoms with van der Waals surface area (Å²) < 4.78 is 6.44. The number of benzene rings is 1. The Morgan fingerprint density at radius 1 is 1.56 bits per heavy atom. The summed E-state index contributed by atoms with van der Waals surface area (Å²) in [5, 5.41) is 2.76. The van der Waals surface area contributed by atoms with Crippen LogP contribution in [0.25, 0.3) is 0 Å². The van der Waals surface area contributed by atoms with Crippen LogP contribution in [-0.4, -0.2) is 19.1 Å². The van der Waals surface area contributed by atoms with Crippen molar-refractivity contribution in [1.82, 2.24) is 5.32 Å². The minimum Gasteiger partial charge on any atom is -0.483 e. The molecule has 0 aliphatic heterocycles. The number of halogens is 1. The highest BCUT2D eigenvalue weighted by Crippen LogP contribution is 2.27. The van der Waals surface area contributed by atoms with Gasteiger partial charge < -0.3 is 15.8 Å². The molecule has 0 radical (unpaired) electrons. The second-order valence-corrected chi connectivity index (χ2v) is 5.03. The van der Waals surface area contributed by atoms with Crippen molar-refractivity contribution >= 4 is 21.8 Å². The van der Waals surface area contributed by atoms with Crippen molar-refractivity contribution in [3.63, 3.8) is 0 Å². The maximum atomic E-state index is 11.4. The molecule has 4 nitrogen and oxygen atoms in total. The number of carbonyl (C=O) groups is 1. The van der Waals surface area contributed by atoms with E-state index in [1.54, 1.807) is 0 Å². The molecule has 1 rings (SSSR count). The summed E-state index contributed by atoms with van der Waals surface area (Å²) in [5.41, 5.74) is 6.75. The lowest BCUT2D eigenvalue weighted by atomic mass is 10.1. The molecule has 18 heavy (non-hydrogen) atoms. The summed E-state index contributed by atoms with van der Waals surface area (Å²) in [4.78, 5) is 11.4. The van der Waals surface area contributed by atoms with E-state index in [4.69, 9.17) is 10.5 Å². The van der Waals surface area contributed by atoms with Gasteiger partial charge in [-0.25, -0.2) is 0 Å². The summed E-state index contributed by atoms with van der Waals surface area (Å²) in [5.74, 6) is 0.537. The third-order valence-electron chi connectivity index (χ3n) is 2.39. The van der Waals surface area contributed by atoms with E-state index in [9.17, 15) is 4.79 Å². The van der Waals surface area contributed by atoms with Crippen molar-refractivity contribution < 1.29 is 9.53 Å². The van der Waals surface area contributed by atoms with E-state index >= 15 is 0 Å². The maximum absolute atomic E-state index is 11.4. The van der Waals surface area contributed by atoms with Crippen molar-refractivity contribution in [2.24, 2.45) is 5.73 Å². The number of carbonyl (C=O) groups excluding carboxylic acids is 1. The molecule has 1 amide bonds. The summed E-state index contributed by atoms with van der Waals surface area (Å²) in [6.07, 6.45) is 0.912. The number of nitrogens with two attached hydrogens (primary N) is 1. The molecule has 0 heterocycles. The van der Waals surface area contributed by atoms with Crippen LogP contribution in [0.1, 0.15) is 31.9 Å². The Hall–Kier alpha value is -1.07. The molecule has 0 aliphatic carbocycles. The maximum Gasteiger partial charge on any atom is 0.257 e. The third kappa shape index (κ3) is 4.66. The molecule has 0 spiro atoms. The molecule has 100 valence electrons. The largest absolute Gasteiger partial charge is 0.483 e. The SMILES string of the molecule is CCCNC(=O)COc1ccc(Br)cc1C(C)N. The van der Waals surface area contributed by atoms with E-state index in [1.165, 1.54) is 0 Å². The molecule has 0 saturated carbocycles.